The number of ketones is 1. The van der Waals surface area contributed by atoms with Gasteiger partial charge in [-0.05, 0) is 56.6 Å². The molecule has 5 N–H and O–H groups in total. The van der Waals surface area contributed by atoms with Crippen LogP contribution in [0.5, 0.6) is 0 Å². The van der Waals surface area contributed by atoms with E-state index in [1.807, 2.05) is 25.3 Å². The van der Waals surface area contributed by atoms with Crippen molar-refractivity contribution in [3.63, 3.8) is 0 Å². The molecule has 0 spiro atoms. The Morgan fingerprint density at radius 1 is 1.28 bits per heavy atom. The molecule has 0 radical (unpaired) electrons. The van der Waals surface area contributed by atoms with Crippen molar-refractivity contribution in [3.8, 4) is 0 Å². The van der Waals surface area contributed by atoms with Crippen LogP contribution in [0.2, 0.25) is 0 Å². The number of rotatable bonds is 3. The summed E-state index contributed by atoms with van der Waals surface area (Å²) in [6.45, 7) is 13.5. The second-order valence-electron chi connectivity index (χ2n) is 11.1. The summed E-state index contributed by atoms with van der Waals surface area (Å²) in [5.74, 6) is -1.24. The van der Waals surface area contributed by atoms with Crippen LogP contribution < -0.4 is 11.1 Å². The zero-order chi connectivity index (χ0) is 27.2. The van der Waals surface area contributed by atoms with Gasteiger partial charge in [-0.1, -0.05) is 46.3 Å². The molecule has 0 aromatic carbocycles. The van der Waals surface area contributed by atoms with Crippen LogP contribution in [0.3, 0.4) is 0 Å². The molecule has 36 heavy (non-hydrogen) atoms. The van der Waals surface area contributed by atoms with Crippen LogP contribution in [0.4, 0.5) is 0 Å². The average Bonchev–Trinajstić information content (AvgIpc) is 3.27. The zero-order valence-corrected chi connectivity index (χ0v) is 23.7. The highest BCUT2D eigenvalue weighted by Gasteiger charge is 2.42. The van der Waals surface area contributed by atoms with Gasteiger partial charge in [0, 0.05) is 17.8 Å². The van der Waals surface area contributed by atoms with Gasteiger partial charge in [0.2, 0.25) is 5.91 Å². The van der Waals surface area contributed by atoms with E-state index in [9.17, 15) is 19.8 Å². The third kappa shape index (κ3) is 7.81. The number of hydrogen-bond acceptors (Lipinski definition) is 7. The number of carbonyl (C=O) groups excluding carboxylic acids is 2. The number of carbonyl (C=O) groups is 2. The number of aliphatic hydroxyl groups is 2. The first-order valence-corrected chi connectivity index (χ1v) is 13.9. The number of nitrogens with two attached hydrogens (primary N) is 1. The van der Waals surface area contributed by atoms with Gasteiger partial charge in [0.05, 0.1) is 35.8 Å². The van der Waals surface area contributed by atoms with Gasteiger partial charge in [-0.15, -0.1) is 11.3 Å². The molecule has 2 heterocycles. The van der Waals surface area contributed by atoms with Crippen LogP contribution in [0.15, 0.2) is 22.6 Å². The van der Waals surface area contributed by atoms with Crippen LogP contribution in [0.1, 0.15) is 84.9 Å². The van der Waals surface area contributed by atoms with Crippen LogP contribution >= 0.6 is 11.3 Å². The Hall–Kier alpha value is -1.87. The number of amides is 1. The monoisotopic (exact) mass is 519 g/mol. The Morgan fingerprint density at radius 2 is 1.94 bits per heavy atom. The fraction of sp³-hybridized carbons (Fsp3) is 0.679. The predicted octanol–water partition coefficient (Wildman–Crippen LogP) is 4.24. The summed E-state index contributed by atoms with van der Waals surface area (Å²) >= 11 is 1.50. The van der Waals surface area contributed by atoms with Gasteiger partial charge in [0.15, 0.2) is 0 Å². The van der Waals surface area contributed by atoms with E-state index in [2.05, 4.69) is 30.2 Å². The maximum Gasteiger partial charge on any atom is 0.223 e. The summed E-state index contributed by atoms with van der Waals surface area (Å²) < 4.78 is 0. The third-order valence-corrected chi connectivity index (χ3v) is 8.48. The van der Waals surface area contributed by atoms with Gasteiger partial charge in [-0.25, -0.2) is 4.98 Å². The summed E-state index contributed by atoms with van der Waals surface area (Å²) in [6.07, 6.45) is 4.55. The zero-order valence-electron chi connectivity index (χ0n) is 22.9. The second kappa shape index (κ2) is 13.1. The number of Topliss-reactive ketones (excluding diaryl/α,β-unsaturated/α-hetero) is 1. The van der Waals surface area contributed by atoms with Crippen molar-refractivity contribution >= 4 is 29.1 Å². The van der Waals surface area contributed by atoms with Gasteiger partial charge < -0.3 is 21.3 Å². The SMILES string of the molecule is C/C1=C/[C@H](C)[C@@H](/C(C)=C/c2csc(CN)n2)NC(=O)C[C@H](O)C(C)(C)C(=O)[C@H](C)[C@@H](O)[C@@H](C)CCC1. The quantitative estimate of drug-likeness (QED) is 0.443. The number of aliphatic hydroxyl groups excluding tert-OH is 2. The number of allylic oxidation sites excluding steroid dienone is 1. The lowest BCUT2D eigenvalue weighted by Gasteiger charge is -2.35. The van der Waals surface area contributed by atoms with E-state index in [0.29, 0.717) is 6.54 Å². The lowest BCUT2D eigenvalue weighted by molar-refractivity contribution is -0.143. The van der Waals surface area contributed by atoms with Gasteiger partial charge in [0.25, 0.3) is 0 Å². The van der Waals surface area contributed by atoms with Crippen molar-refractivity contribution in [1.29, 1.82) is 0 Å². The van der Waals surface area contributed by atoms with Crippen molar-refractivity contribution in [1.82, 2.24) is 10.3 Å². The molecule has 1 aliphatic rings. The van der Waals surface area contributed by atoms with Crippen LogP contribution in [-0.2, 0) is 16.1 Å². The van der Waals surface area contributed by atoms with E-state index in [0.717, 1.165) is 35.5 Å². The van der Waals surface area contributed by atoms with E-state index in [-0.39, 0.29) is 36.0 Å². The van der Waals surface area contributed by atoms with E-state index in [4.69, 9.17) is 5.73 Å². The van der Waals surface area contributed by atoms with Crippen molar-refractivity contribution in [2.45, 2.75) is 98.9 Å². The minimum absolute atomic E-state index is 0.000501. The van der Waals surface area contributed by atoms with E-state index >= 15 is 0 Å². The molecule has 0 bridgehead atoms. The van der Waals surface area contributed by atoms with Gasteiger partial charge in [-0.2, -0.15) is 0 Å². The molecule has 6 atom stereocenters. The Labute approximate surface area is 220 Å². The highest BCUT2D eigenvalue weighted by Crippen LogP contribution is 2.32. The van der Waals surface area contributed by atoms with Crippen LogP contribution in [0, 0.1) is 23.2 Å². The average molecular weight is 520 g/mol. The summed E-state index contributed by atoms with van der Waals surface area (Å²) in [5.41, 5.74) is 7.51. The van der Waals surface area contributed by atoms with E-state index in [1.54, 1.807) is 20.8 Å². The van der Waals surface area contributed by atoms with E-state index in [1.165, 1.54) is 16.9 Å². The highest BCUT2D eigenvalue weighted by atomic mass is 32.1. The second-order valence-corrected chi connectivity index (χ2v) is 12.1. The van der Waals surface area contributed by atoms with Crippen molar-refractivity contribution in [2.75, 3.05) is 0 Å². The van der Waals surface area contributed by atoms with Gasteiger partial charge >= 0.3 is 0 Å². The first kappa shape index (κ1) is 30.4. The smallest absolute Gasteiger partial charge is 0.223 e. The minimum atomic E-state index is -1.17. The highest BCUT2D eigenvalue weighted by molar-refractivity contribution is 7.09. The predicted molar refractivity (Wildman–Crippen MR) is 146 cm³/mol. The molecule has 7 nitrogen and oxygen atoms in total. The molecule has 0 saturated heterocycles. The number of nitrogens with zero attached hydrogens (tertiary/aromatic N) is 1. The molecular weight excluding hydrogens is 474 g/mol. The first-order chi connectivity index (χ1) is 16.8. The molecule has 0 unspecified atom stereocenters. The van der Waals surface area contributed by atoms with E-state index < -0.39 is 23.5 Å². The molecule has 1 aromatic heterocycles. The topological polar surface area (TPSA) is 126 Å². The minimum Gasteiger partial charge on any atom is -0.392 e. The molecule has 8 heteroatoms. The number of aromatic nitrogens is 1. The van der Waals surface area contributed by atoms with Crippen molar-refractivity contribution in [2.24, 2.45) is 28.9 Å². The maximum atomic E-state index is 13.3. The molecule has 1 amide bonds. The van der Waals surface area contributed by atoms with Crippen molar-refractivity contribution < 1.29 is 19.8 Å². The lowest BCUT2D eigenvalue weighted by Crippen LogP contribution is -2.48. The van der Waals surface area contributed by atoms with Gasteiger partial charge in [-0.3, -0.25) is 9.59 Å². The molecule has 0 fully saturated rings. The number of hydrogen-bond donors (Lipinski definition) is 4. The van der Waals surface area contributed by atoms with Gasteiger partial charge in [0.1, 0.15) is 10.8 Å². The first-order valence-electron chi connectivity index (χ1n) is 13.0. The molecular formula is C28H45N3O4S. The van der Waals surface area contributed by atoms with Crippen LogP contribution in [0.25, 0.3) is 6.08 Å². The third-order valence-electron chi connectivity index (χ3n) is 7.59. The largest absolute Gasteiger partial charge is 0.392 e. The Bertz CT molecular complexity index is 968. The fourth-order valence-corrected chi connectivity index (χ4v) is 5.66. The molecule has 1 aliphatic heterocycles. The van der Waals surface area contributed by atoms with Crippen molar-refractivity contribution in [3.05, 3.63) is 33.3 Å². The normalized spacial score (nSPS) is 33.1. The summed E-state index contributed by atoms with van der Waals surface area (Å²) in [5, 5.41) is 27.7. The Kier molecular flexibility index (Phi) is 11.0. The molecule has 1 aromatic rings. The number of nitrogens with one attached hydrogen (secondary N) is 1. The Morgan fingerprint density at radius 3 is 2.56 bits per heavy atom. The summed E-state index contributed by atoms with van der Waals surface area (Å²) in [7, 11) is 0. The molecule has 0 saturated carbocycles. The molecule has 202 valence electrons. The standard InChI is InChI=1S/C28H45N3O4S/c1-16-9-8-10-17(2)26(34)20(5)27(35)28(6,7)22(32)13-23(33)31-25(18(3)11-16)19(4)12-21-15-36-24(14-29)30-21/h11-12,15,17-18,20,22,25-26,32,34H,8-10,13-14,29H2,1-7H3,(H,31,33)/b16-11-,19-12+/t17-,18-,20+,22-,25-,26-/m0/s1. The number of thiazole rings is 1. The summed E-state index contributed by atoms with van der Waals surface area (Å²) in [6, 6.07) is -0.297. The molecule has 0 aliphatic carbocycles. The maximum absolute atomic E-state index is 13.3. The molecule has 2 rings (SSSR count). The fourth-order valence-electron chi connectivity index (χ4n) is 5.03. The summed E-state index contributed by atoms with van der Waals surface area (Å²) in [4.78, 5) is 30.9. The lowest BCUT2D eigenvalue weighted by atomic mass is 9.73. The van der Waals surface area contributed by atoms with Crippen LogP contribution in [-0.4, -0.2) is 45.1 Å². The Balaban J connectivity index is 2.40.